The molecule has 16 heavy (non-hydrogen) atoms. The van der Waals surface area contributed by atoms with Crippen LogP contribution in [0.15, 0.2) is 23.3 Å². The summed E-state index contributed by atoms with van der Waals surface area (Å²) in [6.45, 7) is 6.25. The van der Waals surface area contributed by atoms with E-state index in [0.29, 0.717) is 5.92 Å². The summed E-state index contributed by atoms with van der Waals surface area (Å²) in [4.78, 5) is 10.5. The summed E-state index contributed by atoms with van der Waals surface area (Å²) in [5.74, 6) is 0.413. The fourth-order valence-corrected chi connectivity index (χ4v) is 1.50. The number of hydrazone groups is 1. The Labute approximate surface area is 95.5 Å². The zero-order valence-electron chi connectivity index (χ0n) is 9.82. The number of amides is 2. The van der Waals surface area contributed by atoms with Crippen LogP contribution >= 0.6 is 0 Å². The van der Waals surface area contributed by atoms with Crippen molar-refractivity contribution in [2.45, 2.75) is 26.7 Å². The van der Waals surface area contributed by atoms with E-state index >= 15 is 0 Å². The van der Waals surface area contributed by atoms with Gasteiger partial charge in [-0.15, -0.1) is 0 Å². The molecule has 0 saturated carbocycles. The molecule has 0 bridgehead atoms. The van der Waals surface area contributed by atoms with Crippen molar-refractivity contribution in [2.75, 3.05) is 0 Å². The standard InChI is InChI=1S/C12H17N3O/c1-8(2)11-5-4-9(3)6-10(11)7-14-15-12(13)16/h4-8H,1-3H3,(H3,13,15,16)/b14-7+. The van der Waals surface area contributed by atoms with Gasteiger partial charge in [-0.25, -0.2) is 10.2 Å². The van der Waals surface area contributed by atoms with E-state index in [1.54, 1.807) is 6.21 Å². The number of carbonyl (C=O) groups is 1. The summed E-state index contributed by atoms with van der Waals surface area (Å²) in [7, 11) is 0. The molecule has 0 radical (unpaired) electrons. The molecule has 0 aliphatic carbocycles. The largest absolute Gasteiger partial charge is 0.350 e. The third-order valence-electron chi connectivity index (χ3n) is 2.24. The number of carbonyl (C=O) groups excluding carboxylic acids is 1. The van der Waals surface area contributed by atoms with Crippen molar-refractivity contribution >= 4 is 12.2 Å². The molecule has 1 aromatic carbocycles. The predicted octanol–water partition coefficient (Wildman–Crippen LogP) is 2.12. The number of benzene rings is 1. The minimum absolute atomic E-state index is 0.413. The van der Waals surface area contributed by atoms with E-state index in [2.05, 4.69) is 36.5 Å². The minimum Gasteiger partial charge on any atom is -0.350 e. The maximum atomic E-state index is 10.5. The summed E-state index contributed by atoms with van der Waals surface area (Å²) >= 11 is 0. The molecule has 0 heterocycles. The summed E-state index contributed by atoms with van der Waals surface area (Å²) in [6.07, 6.45) is 1.62. The topological polar surface area (TPSA) is 67.5 Å². The van der Waals surface area contributed by atoms with Crippen LogP contribution in [0.4, 0.5) is 4.79 Å². The molecule has 0 aliphatic rings. The highest BCUT2D eigenvalue weighted by Crippen LogP contribution is 2.19. The lowest BCUT2D eigenvalue weighted by Crippen LogP contribution is -2.24. The first-order chi connectivity index (χ1) is 7.50. The normalized spacial score (nSPS) is 11.0. The van der Waals surface area contributed by atoms with Gasteiger partial charge in [0, 0.05) is 0 Å². The molecule has 4 heteroatoms. The molecule has 0 aromatic heterocycles. The van der Waals surface area contributed by atoms with Crippen LogP contribution in [0.2, 0.25) is 0 Å². The molecule has 0 aliphatic heterocycles. The molecular weight excluding hydrogens is 202 g/mol. The highest BCUT2D eigenvalue weighted by molar-refractivity contribution is 5.83. The summed E-state index contributed by atoms with van der Waals surface area (Å²) in [5, 5.41) is 3.78. The number of nitrogens with two attached hydrogens (primary N) is 1. The van der Waals surface area contributed by atoms with Crippen molar-refractivity contribution in [1.29, 1.82) is 0 Å². The van der Waals surface area contributed by atoms with Crippen LogP contribution in [0.5, 0.6) is 0 Å². The number of hydrogen-bond acceptors (Lipinski definition) is 2. The highest BCUT2D eigenvalue weighted by atomic mass is 16.2. The summed E-state index contributed by atoms with van der Waals surface area (Å²) < 4.78 is 0. The number of hydrogen-bond donors (Lipinski definition) is 2. The zero-order valence-corrected chi connectivity index (χ0v) is 9.82. The Morgan fingerprint density at radius 1 is 1.50 bits per heavy atom. The van der Waals surface area contributed by atoms with Gasteiger partial charge in [-0.3, -0.25) is 0 Å². The Morgan fingerprint density at radius 2 is 2.19 bits per heavy atom. The average molecular weight is 219 g/mol. The van der Waals surface area contributed by atoms with Crippen molar-refractivity contribution in [3.05, 3.63) is 34.9 Å². The third-order valence-corrected chi connectivity index (χ3v) is 2.24. The van der Waals surface area contributed by atoms with Crippen LogP contribution in [-0.2, 0) is 0 Å². The Bertz CT molecular complexity index is 411. The van der Waals surface area contributed by atoms with Gasteiger partial charge in [-0.1, -0.05) is 37.6 Å². The van der Waals surface area contributed by atoms with Gasteiger partial charge in [0.2, 0.25) is 0 Å². The van der Waals surface area contributed by atoms with Gasteiger partial charge in [0.15, 0.2) is 0 Å². The Morgan fingerprint density at radius 3 is 2.75 bits per heavy atom. The number of urea groups is 1. The quantitative estimate of drug-likeness (QED) is 0.593. The molecule has 1 rings (SSSR count). The molecule has 0 spiro atoms. The van der Waals surface area contributed by atoms with E-state index in [-0.39, 0.29) is 0 Å². The second-order valence-electron chi connectivity index (χ2n) is 4.02. The third kappa shape index (κ3) is 3.38. The number of rotatable bonds is 3. The van der Waals surface area contributed by atoms with Crippen LogP contribution in [0.1, 0.15) is 36.5 Å². The maximum Gasteiger partial charge on any atom is 0.332 e. The fourth-order valence-electron chi connectivity index (χ4n) is 1.50. The minimum atomic E-state index is -0.657. The van der Waals surface area contributed by atoms with E-state index in [1.165, 1.54) is 5.56 Å². The Hall–Kier alpha value is -1.84. The SMILES string of the molecule is Cc1ccc(C(C)C)c(/C=N/NC(N)=O)c1. The number of nitrogens with zero attached hydrogens (tertiary/aromatic N) is 1. The van der Waals surface area contributed by atoms with Crippen LogP contribution in [-0.4, -0.2) is 12.2 Å². The molecule has 86 valence electrons. The molecule has 3 N–H and O–H groups in total. The maximum absolute atomic E-state index is 10.5. The molecule has 0 atom stereocenters. The Balaban J connectivity index is 2.96. The molecule has 2 amide bonds. The number of primary amides is 1. The predicted molar refractivity (Wildman–Crippen MR) is 65.6 cm³/mol. The van der Waals surface area contributed by atoms with Crippen molar-refractivity contribution in [3.63, 3.8) is 0 Å². The lowest BCUT2D eigenvalue weighted by atomic mass is 9.96. The monoisotopic (exact) mass is 219 g/mol. The van der Waals surface area contributed by atoms with Gasteiger partial charge in [0.25, 0.3) is 0 Å². The van der Waals surface area contributed by atoms with Crippen molar-refractivity contribution in [3.8, 4) is 0 Å². The molecule has 0 unspecified atom stereocenters. The van der Waals surface area contributed by atoms with Gasteiger partial charge in [0.1, 0.15) is 0 Å². The van der Waals surface area contributed by atoms with Gasteiger partial charge < -0.3 is 5.73 Å². The van der Waals surface area contributed by atoms with E-state index in [1.807, 2.05) is 13.0 Å². The first-order valence-corrected chi connectivity index (χ1v) is 5.19. The average Bonchev–Trinajstić information content (AvgIpc) is 2.16. The van der Waals surface area contributed by atoms with Crippen LogP contribution in [0.3, 0.4) is 0 Å². The molecule has 1 aromatic rings. The van der Waals surface area contributed by atoms with Crippen molar-refractivity contribution < 1.29 is 4.79 Å². The summed E-state index contributed by atoms with van der Waals surface area (Å²) in [5.41, 5.74) is 10.5. The molecule has 0 saturated heterocycles. The summed E-state index contributed by atoms with van der Waals surface area (Å²) in [6, 6.07) is 5.51. The second kappa shape index (κ2) is 5.30. The molecule has 4 nitrogen and oxygen atoms in total. The molecule has 0 fully saturated rings. The van der Waals surface area contributed by atoms with E-state index in [0.717, 1.165) is 11.1 Å². The van der Waals surface area contributed by atoms with Gasteiger partial charge in [-0.2, -0.15) is 5.10 Å². The fraction of sp³-hybridized carbons (Fsp3) is 0.333. The van der Waals surface area contributed by atoms with Crippen LogP contribution in [0, 0.1) is 6.92 Å². The van der Waals surface area contributed by atoms with Crippen LogP contribution < -0.4 is 11.2 Å². The first kappa shape index (κ1) is 12.2. The first-order valence-electron chi connectivity index (χ1n) is 5.19. The molecular formula is C12H17N3O. The van der Waals surface area contributed by atoms with Gasteiger partial charge in [-0.05, 0) is 24.0 Å². The van der Waals surface area contributed by atoms with E-state index in [9.17, 15) is 4.79 Å². The lowest BCUT2D eigenvalue weighted by Gasteiger charge is -2.10. The Kier molecular flexibility index (Phi) is 4.05. The van der Waals surface area contributed by atoms with E-state index < -0.39 is 6.03 Å². The van der Waals surface area contributed by atoms with Gasteiger partial charge in [0.05, 0.1) is 6.21 Å². The smallest absolute Gasteiger partial charge is 0.332 e. The van der Waals surface area contributed by atoms with Crippen molar-refractivity contribution in [1.82, 2.24) is 5.43 Å². The van der Waals surface area contributed by atoms with Gasteiger partial charge >= 0.3 is 6.03 Å². The van der Waals surface area contributed by atoms with E-state index in [4.69, 9.17) is 5.73 Å². The number of nitrogens with one attached hydrogen (secondary N) is 1. The van der Waals surface area contributed by atoms with Crippen molar-refractivity contribution in [2.24, 2.45) is 10.8 Å². The zero-order chi connectivity index (χ0) is 12.1. The van der Waals surface area contributed by atoms with Crippen LogP contribution in [0.25, 0.3) is 0 Å². The number of aryl methyl sites for hydroxylation is 1. The second-order valence-corrected chi connectivity index (χ2v) is 4.02. The lowest BCUT2D eigenvalue weighted by molar-refractivity contribution is 0.249. The highest BCUT2D eigenvalue weighted by Gasteiger charge is 2.04.